The average Bonchev–Trinajstić information content (AvgIpc) is 2.76. The molecule has 0 saturated heterocycles. The summed E-state index contributed by atoms with van der Waals surface area (Å²) in [6, 6.07) is 3.42. The molecular formula is C10H6N2O2S2. The van der Waals surface area contributed by atoms with Crippen LogP contribution in [-0.2, 0) is 4.79 Å². The van der Waals surface area contributed by atoms with Crippen LogP contribution in [-0.4, -0.2) is 18.2 Å². The fourth-order valence-electron chi connectivity index (χ4n) is 1.57. The van der Waals surface area contributed by atoms with Crippen LogP contribution in [0.15, 0.2) is 22.5 Å². The van der Waals surface area contributed by atoms with Crippen LogP contribution < -0.4 is 5.32 Å². The molecule has 0 bridgehead atoms. The molecule has 1 aliphatic rings. The first kappa shape index (κ1) is 9.68. The maximum Gasteiger partial charge on any atom is 0.347 e. The van der Waals surface area contributed by atoms with Crippen molar-refractivity contribution in [2.75, 3.05) is 0 Å². The van der Waals surface area contributed by atoms with Gasteiger partial charge < -0.3 is 0 Å². The van der Waals surface area contributed by atoms with Gasteiger partial charge in [-0.05, 0) is 17.5 Å². The second kappa shape index (κ2) is 3.50. The van der Waals surface area contributed by atoms with Crippen molar-refractivity contribution in [1.82, 2.24) is 5.32 Å². The van der Waals surface area contributed by atoms with Crippen LogP contribution >= 0.6 is 22.7 Å². The van der Waals surface area contributed by atoms with Crippen molar-refractivity contribution >= 4 is 50.2 Å². The second-order valence-electron chi connectivity index (χ2n) is 3.35. The SMILES string of the molecule is O=C1N=CC(c2cc3sccc3s2)C(=O)N1. The molecule has 1 aliphatic heterocycles. The summed E-state index contributed by atoms with van der Waals surface area (Å²) < 4.78 is 2.33. The van der Waals surface area contributed by atoms with Gasteiger partial charge in [-0.1, -0.05) is 0 Å². The van der Waals surface area contributed by atoms with Gasteiger partial charge >= 0.3 is 6.03 Å². The summed E-state index contributed by atoms with van der Waals surface area (Å²) in [6.07, 6.45) is 1.41. The fourth-order valence-corrected chi connectivity index (χ4v) is 3.75. The second-order valence-corrected chi connectivity index (χ2v) is 5.41. The lowest BCUT2D eigenvalue weighted by molar-refractivity contribution is -0.120. The predicted octanol–water partition coefficient (Wildman–Crippen LogP) is 2.37. The average molecular weight is 250 g/mol. The van der Waals surface area contributed by atoms with E-state index in [1.165, 1.54) is 6.21 Å². The molecule has 0 fully saturated rings. The third kappa shape index (κ3) is 1.46. The Hall–Kier alpha value is -1.53. The Balaban J connectivity index is 2.04. The molecule has 80 valence electrons. The van der Waals surface area contributed by atoms with E-state index in [0.717, 1.165) is 14.3 Å². The largest absolute Gasteiger partial charge is 0.347 e. The molecule has 3 rings (SSSR count). The van der Waals surface area contributed by atoms with Crippen molar-refractivity contribution in [3.8, 4) is 0 Å². The van der Waals surface area contributed by atoms with E-state index in [1.54, 1.807) is 22.7 Å². The lowest BCUT2D eigenvalue weighted by atomic mass is 10.1. The summed E-state index contributed by atoms with van der Waals surface area (Å²) in [5.41, 5.74) is 0. The van der Waals surface area contributed by atoms with Crippen molar-refractivity contribution in [2.24, 2.45) is 4.99 Å². The smallest absolute Gasteiger partial charge is 0.275 e. The number of nitrogens with zero attached hydrogens (tertiary/aromatic N) is 1. The molecule has 3 amide bonds. The molecule has 1 atom stereocenters. The molecule has 0 aliphatic carbocycles. The van der Waals surface area contributed by atoms with Gasteiger partial charge in [-0.15, -0.1) is 22.7 Å². The summed E-state index contributed by atoms with van der Waals surface area (Å²) in [6.45, 7) is 0. The highest BCUT2D eigenvalue weighted by Crippen LogP contribution is 2.34. The Morgan fingerprint density at radius 3 is 2.94 bits per heavy atom. The Morgan fingerprint density at radius 2 is 2.19 bits per heavy atom. The van der Waals surface area contributed by atoms with Gasteiger partial charge in [0.2, 0.25) is 5.91 Å². The van der Waals surface area contributed by atoms with E-state index in [4.69, 9.17) is 0 Å². The van der Waals surface area contributed by atoms with Gasteiger partial charge in [0.05, 0.1) is 0 Å². The third-order valence-electron chi connectivity index (χ3n) is 2.32. The number of aliphatic imine (C=N–C) groups is 1. The van der Waals surface area contributed by atoms with E-state index in [-0.39, 0.29) is 5.91 Å². The third-order valence-corrected chi connectivity index (χ3v) is 4.49. The van der Waals surface area contributed by atoms with Gasteiger partial charge in [0.15, 0.2) is 0 Å². The van der Waals surface area contributed by atoms with Crippen LogP contribution in [0, 0.1) is 0 Å². The number of nitrogens with one attached hydrogen (secondary N) is 1. The maximum absolute atomic E-state index is 11.6. The Labute approximate surface area is 98.6 Å². The predicted molar refractivity (Wildman–Crippen MR) is 64.5 cm³/mol. The first-order valence-electron chi connectivity index (χ1n) is 4.60. The van der Waals surface area contributed by atoms with Crippen LogP contribution in [0.2, 0.25) is 0 Å². The molecular weight excluding hydrogens is 244 g/mol. The zero-order valence-electron chi connectivity index (χ0n) is 7.97. The van der Waals surface area contributed by atoms with E-state index >= 15 is 0 Å². The van der Waals surface area contributed by atoms with E-state index in [1.807, 2.05) is 17.5 Å². The molecule has 2 aromatic heterocycles. The first-order valence-corrected chi connectivity index (χ1v) is 6.29. The molecule has 2 aromatic rings. The van der Waals surface area contributed by atoms with Gasteiger partial charge in [0.1, 0.15) is 5.92 Å². The number of hydrogen-bond acceptors (Lipinski definition) is 4. The number of urea groups is 1. The highest BCUT2D eigenvalue weighted by molar-refractivity contribution is 7.27. The number of rotatable bonds is 1. The van der Waals surface area contributed by atoms with E-state index in [9.17, 15) is 9.59 Å². The highest BCUT2D eigenvalue weighted by Gasteiger charge is 2.26. The number of fused-ring (bicyclic) bond motifs is 1. The monoisotopic (exact) mass is 250 g/mol. The molecule has 0 aromatic carbocycles. The lowest BCUT2D eigenvalue weighted by Crippen LogP contribution is -2.37. The zero-order chi connectivity index (χ0) is 11.1. The van der Waals surface area contributed by atoms with Crippen LogP contribution in [0.4, 0.5) is 4.79 Å². The Morgan fingerprint density at radius 1 is 1.31 bits per heavy atom. The Kier molecular flexibility index (Phi) is 2.12. The van der Waals surface area contributed by atoms with Gasteiger partial charge in [0.25, 0.3) is 0 Å². The summed E-state index contributed by atoms with van der Waals surface area (Å²) in [4.78, 5) is 27.0. The summed E-state index contributed by atoms with van der Waals surface area (Å²) >= 11 is 3.20. The molecule has 4 nitrogen and oxygen atoms in total. The van der Waals surface area contributed by atoms with E-state index < -0.39 is 11.9 Å². The molecule has 1 unspecified atom stereocenters. The molecule has 0 saturated carbocycles. The zero-order valence-corrected chi connectivity index (χ0v) is 9.60. The molecule has 0 spiro atoms. The van der Waals surface area contributed by atoms with Crippen LogP contribution in [0.5, 0.6) is 0 Å². The van der Waals surface area contributed by atoms with Crippen LogP contribution in [0.3, 0.4) is 0 Å². The normalized spacial score (nSPS) is 20.4. The van der Waals surface area contributed by atoms with Crippen molar-refractivity contribution < 1.29 is 9.59 Å². The first-order chi connectivity index (χ1) is 7.74. The number of carbonyl (C=O) groups is 2. The topological polar surface area (TPSA) is 58.5 Å². The van der Waals surface area contributed by atoms with Gasteiger partial charge in [-0.3, -0.25) is 10.1 Å². The van der Waals surface area contributed by atoms with E-state index in [0.29, 0.717) is 0 Å². The van der Waals surface area contributed by atoms with Crippen molar-refractivity contribution in [2.45, 2.75) is 5.92 Å². The minimum absolute atomic E-state index is 0.297. The van der Waals surface area contributed by atoms with Crippen molar-refractivity contribution in [3.63, 3.8) is 0 Å². The standard InChI is InChI=1S/C10H6N2O2S2/c13-9-5(4-11-10(14)12-9)7-3-8-6(16-7)1-2-15-8/h1-5H,(H,12,13,14). The van der Waals surface area contributed by atoms with Crippen molar-refractivity contribution in [3.05, 3.63) is 22.4 Å². The molecule has 1 N–H and O–H groups in total. The number of imide groups is 1. The number of hydrogen-bond donors (Lipinski definition) is 1. The van der Waals surface area contributed by atoms with Gasteiger partial charge in [-0.2, -0.15) is 0 Å². The highest BCUT2D eigenvalue weighted by atomic mass is 32.1. The van der Waals surface area contributed by atoms with Crippen molar-refractivity contribution in [1.29, 1.82) is 0 Å². The number of amides is 3. The summed E-state index contributed by atoms with van der Waals surface area (Å²) in [5, 5.41) is 4.22. The van der Waals surface area contributed by atoms with Crippen LogP contribution in [0.25, 0.3) is 9.40 Å². The summed E-state index contributed by atoms with van der Waals surface area (Å²) in [7, 11) is 0. The van der Waals surface area contributed by atoms with Gasteiger partial charge in [-0.25, -0.2) is 9.79 Å². The van der Waals surface area contributed by atoms with Crippen LogP contribution in [0.1, 0.15) is 10.8 Å². The number of thiophene rings is 2. The van der Waals surface area contributed by atoms with E-state index in [2.05, 4.69) is 10.3 Å². The lowest BCUT2D eigenvalue weighted by Gasteiger charge is -2.12. The minimum atomic E-state index is -0.584. The quantitative estimate of drug-likeness (QED) is 0.844. The molecule has 3 heterocycles. The maximum atomic E-state index is 11.6. The fraction of sp³-hybridized carbons (Fsp3) is 0.100. The Bertz CT molecular complexity index is 583. The number of carbonyl (C=O) groups excluding carboxylic acids is 2. The summed E-state index contributed by atoms with van der Waals surface area (Å²) in [5.74, 6) is -0.726. The van der Waals surface area contributed by atoms with Gasteiger partial charge in [0, 0.05) is 20.5 Å². The minimum Gasteiger partial charge on any atom is -0.275 e. The molecule has 0 radical (unpaired) electrons. The molecule has 16 heavy (non-hydrogen) atoms. The molecule has 6 heteroatoms.